The topological polar surface area (TPSA) is 51.2 Å². The minimum absolute atomic E-state index is 0.0263. The molecule has 1 aromatic heterocycles. The van der Waals surface area contributed by atoms with Gasteiger partial charge in [-0.15, -0.1) is 11.3 Å². The van der Waals surface area contributed by atoms with Crippen LogP contribution in [0.2, 0.25) is 0 Å². The smallest absolute Gasteiger partial charge is 0.262 e. The Morgan fingerprint density at radius 2 is 1.76 bits per heavy atom. The number of carbonyl (C=O) groups is 1. The number of hydrogen-bond donors (Lipinski definition) is 1. The van der Waals surface area contributed by atoms with Crippen molar-refractivity contribution in [2.45, 2.75) is 20.8 Å². The molecule has 4 rings (SSSR count). The Bertz CT molecular complexity index is 1180. The molecule has 0 radical (unpaired) electrons. The lowest BCUT2D eigenvalue weighted by atomic mass is 10.1. The van der Waals surface area contributed by atoms with Crippen molar-refractivity contribution in [1.29, 1.82) is 0 Å². The van der Waals surface area contributed by atoms with Crippen LogP contribution in [0.5, 0.6) is 5.75 Å². The summed E-state index contributed by atoms with van der Waals surface area (Å²) < 4.78 is 6.77. The number of fused-ring (bicyclic) bond motifs is 1. The molecule has 4 aromatic rings. The summed E-state index contributed by atoms with van der Waals surface area (Å²) >= 11 is 1.67. The first kappa shape index (κ1) is 19.2. The first-order chi connectivity index (χ1) is 14.0. The monoisotopic (exact) mass is 402 g/mol. The zero-order chi connectivity index (χ0) is 20.4. The van der Waals surface area contributed by atoms with Gasteiger partial charge in [0.25, 0.3) is 5.91 Å². The van der Waals surface area contributed by atoms with E-state index in [-0.39, 0.29) is 12.5 Å². The maximum atomic E-state index is 12.2. The molecule has 0 bridgehead atoms. The number of benzene rings is 3. The van der Waals surface area contributed by atoms with E-state index in [1.807, 2.05) is 56.3 Å². The van der Waals surface area contributed by atoms with Gasteiger partial charge in [-0.25, -0.2) is 4.98 Å². The van der Waals surface area contributed by atoms with E-state index in [2.05, 4.69) is 30.4 Å². The number of nitrogens with one attached hydrogen (secondary N) is 1. The van der Waals surface area contributed by atoms with E-state index in [1.165, 1.54) is 15.8 Å². The molecule has 5 heteroatoms. The van der Waals surface area contributed by atoms with Crippen LogP contribution in [0.3, 0.4) is 0 Å². The van der Waals surface area contributed by atoms with Gasteiger partial charge >= 0.3 is 0 Å². The molecule has 0 spiro atoms. The molecule has 146 valence electrons. The number of thiazole rings is 1. The third-order valence-corrected chi connectivity index (χ3v) is 5.88. The largest absolute Gasteiger partial charge is 0.484 e. The van der Waals surface area contributed by atoms with Gasteiger partial charge in [-0.05, 0) is 86.0 Å². The van der Waals surface area contributed by atoms with Crippen LogP contribution < -0.4 is 10.1 Å². The molecule has 0 aliphatic heterocycles. The first-order valence-corrected chi connectivity index (χ1v) is 10.3. The molecule has 29 heavy (non-hydrogen) atoms. The van der Waals surface area contributed by atoms with Gasteiger partial charge in [-0.1, -0.05) is 12.1 Å². The van der Waals surface area contributed by atoms with E-state index in [9.17, 15) is 4.79 Å². The predicted molar refractivity (Wildman–Crippen MR) is 120 cm³/mol. The van der Waals surface area contributed by atoms with Crippen LogP contribution in [0.25, 0.3) is 20.8 Å². The van der Waals surface area contributed by atoms with Gasteiger partial charge in [0.2, 0.25) is 0 Å². The van der Waals surface area contributed by atoms with E-state index in [1.54, 1.807) is 11.3 Å². The van der Waals surface area contributed by atoms with Gasteiger partial charge in [0, 0.05) is 11.3 Å². The molecule has 3 aromatic carbocycles. The van der Waals surface area contributed by atoms with E-state index in [0.29, 0.717) is 5.75 Å². The zero-order valence-corrected chi connectivity index (χ0v) is 17.5. The van der Waals surface area contributed by atoms with E-state index in [0.717, 1.165) is 27.3 Å². The third-order valence-electron chi connectivity index (χ3n) is 4.81. The molecule has 1 heterocycles. The van der Waals surface area contributed by atoms with Crippen LogP contribution in [0.1, 0.15) is 16.7 Å². The average molecular weight is 403 g/mol. The lowest BCUT2D eigenvalue weighted by Gasteiger charge is -2.09. The van der Waals surface area contributed by atoms with Crippen molar-refractivity contribution in [2.75, 3.05) is 11.9 Å². The highest BCUT2D eigenvalue weighted by Gasteiger charge is 2.08. The van der Waals surface area contributed by atoms with Crippen molar-refractivity contribution in [3.8, 4) is 16.3 Å². The molecule has 4 nitrogen and oxygen atoms in total. The third kappa shape index (κ3) is 4.46. The maximum Gasteiger partial charge on any atom is 0.262 e. The summed E-state index contributed by atoms with van der Waals surface area (Å²) in [5, 5.41) is 3.84. The van der Waals surface area contributed by atoms with E-state index in [4.69, 9.17) is 9.72 Å². The number of amides is 1. The highest BCUT2D eigenvalue weighted by molar-refractivity contribution is 7.21. The number of rotatable bonds is 5. The molecule has 0 unspecified atom stereocenters. The summed E-state index contributed by atoms with van der Waals surface area (Å²) in [5.74, 6) is 0.510. The summed E-state index contributed by atoms with van der Waals surface area (Å²) in [6.45, 7) is 6.13. The van der Waals surface area contributed by atoms with Crippen molar-refractivity contribution >= 4 is 33.1 Å². The van der Waals surface area contributed by atoms with Gasteiger partial charge in [-0.3, -0.25) is 4.79 Å². The number of anilines is 1. The molecule has 0 fully saturated rings. The van der Waals surface area contributed by atoms with Crippen molar-refractivity contribution in [3.63, 3.8) is 0 Å². The molecular formula is C24H22N2O2S. The first-order valence-electron chi connectivity index (χ1n) is 9.45. The Hall–Kier alpha value is -3.18. The maximum absolute atomic E-state index is 12.2. The van der Waals surface area contributed by atoms with Gasteiger partial charge in [-0.2, -0.15) is 0 Å². The fourth-order valence-electron chi connectivity index (χ4n) is 3.00. The van der Waals surface area contributed by atoms with Crippen LogP contribution >= 0.6 is 11.3 Å². The Labute approximate surface area is 174 Å². The van der Waals surface area contributed by atoms with Gasteiger partial charge in [0.05, 0.1) is 10.2 Å². The number of nitrogens with zero attached hydrogens (tertiary/aromatic N) is 1. The minimum atomic E-state index is -0.188. The van der Waals surface area contributed by atoms with Crippen molar-refractivity contribution < 1.29 is 9.53 Å². The van der Waals surface area contributed by atoms with Gasteiger partial charge in [0.15, 0.2) is 6.61 Å². The average Bonchev–Trinajstić information content (AvgIpc) is 3.12. The van der Waals surface area contributed by atoms with E-state index >= 15 is 0 Å². The molecule has 1 N–H and O–H groups in total. The lowest BCUT2D eigenvalue weighted by molar-refractivity contribution is -0.118. The van der Waals surface area contributed by atoms with Crippen LogP contribution in [-0.4, -0.2) is 17.5 Å². The molecule has 1 amide bonds. The second-order valence-corrected chi connectivity index (χ2v) is 8.18. The van der Waals surface area contributed by atoms with Crippen LogP contribution in [-0.2, 0) is 4.79 Å². The van der Waals surface area contributed by atoms with Crippen LogP contribution in [0.15, 0.2) is 60.7 Å². The van der Waals surface area contributed by atoms with Crippen LogP contribution in [0.4, 0.5) is 5.69 Å². The van der Waals surface area contributed by atoms with Crippen molar-refractivity contribution in [2.24, 2.45) is 0 Å². The Balaban J connectivity index is 1.39. The van der Waals surface area contributed by atoms with Gasteiger partial charge < -0.3 is 10.1 Å². The summed E-state index contributed by atoms with van der Waals surface area (Å²) in [6.07, 6.45) is 0. The molecule has 0 atom stereocenters. The summed E-state index contributed by atoms with van der Waals surface area (Å²) in [6, 6.07) is 19.8. The minimum Gasteiger partial charge on any atom is -0.484 e. The van der Waals surface area contributed by atoms with Crippen molar-refractivity contribution in [3.05, 3.63) is 77.4 Å². The number of aryl methyl sites for hydroxylation is 3. The van der Waals surface area contributed by atoms with E-state index < -0.39 is 0 Å². The highest BCUT2D eigenvalue weighted by Crippen LogP contribution is 2.31. The SMILES string of the molecule is Cc1ccc2nc(-c3ccc(NC(=O)COc4ccc(C)c(C)c4)cc3)sc2c1. The highest BCUT2D eigenvalue weighted by atomic mass is 32.1. The molecule has 0 saturated carbocycles. The Kier molecular flexibility index (Phi) is 5.32. The predicted octanol–water partition coefficient (Wildman–Crippen LogP) is 5.91. The molecular weight excluding hydrogens is 380 g/mol. The normalized spacial score (nSPS) is 10.9. The summed E-state index contributed by atoms with van der Waals surface area (Å²) in [4.78, 5) is 16.9. The number of hydrogen-bond acceptors (Lipinski definition) is 4. The number of aromatic nitrogens is 1. The second-order valence-electron chi connectivity index (χ2n) is 7.15. The fourth-order valence-corrected chi connectivity index (χ4v) is 4.07. The summed E-state index contributed by atoms with van der Waals surface area (Å²) in [5.41, 5.74) is 6.35. The summed E-state index contributed by atoms with van der Waals surface area (Å²) in [7, 11) is 0. The van der Waals surface area contributed by atoms with Crippen LogP contribution in [0, 0.1) is 20.8 Å². The fraction of sp³-hybridized carbons (Fsp3) is 0.167. The van der Waals surface area contributed by atoms with Crippen molar-refractivity contribution in [1.82, 2.24) is 4.98 Å². The quantitative estimate of drug-likeness (QED) is 0.452. The molecule has 0 aliphatic rings. The van der Waals surface area contributed by atoms with Gasteiger partial charge in [0.1, 0.15) is 10.8 Å². The number of carbonyl (C=O) groups excluding carboxylic acids is 1. The number of ether oxygens (including phenoxy) is 1. The Morgan fingerprint density at radius 3 is 2.52 bits per heavy atom. The zero-order valence-electron chi connectivity index (χ0n) is 16.7. The Morgan fingerprint density at radius 1 is 0.966 bits per heavy atom. The lowest BCUT2D eigenvalue weighted by Crippen LogP contribution is -2.20. The standard InChI is InChI=1S/C24H22N2O2S/c1-15-4-11-21-22(12-15)29-24(26-21)18-6-8-19(9-7-18)25-23(27)14-28-20-10-5-16(2)17(3)13-20/h4-13H,14H2,1-3H3,(H,25,27). The molecule has 0 saturated heterocycles. The second kappa shape index (κ2) is 8.05. The molecule has 0 aliphatic carbocycles.